The van der Waals surface area contributed by atoms with Crippen LogP contribution < -0.4 is 15.4 Å². The number of esters is 1. The number of carbonyl (C=O) groups is 4. The molecule has 2 aromatic carbocycles. The van der Waals surface area contributed by atoms with Gasteiger partial charge in [-0.05, 0) is 26.0 Å². The molecule has 14 heteroatoms. The molecule has 3 rings (SSSR count). The van der Waals surface area contributed by atoms with E-state index in [-0.39, 0.29) is 11.5 Å². The van der Waals surface area contributed by atoms with Gasteiger partial charge in [0.25, 0.3) is 0 Å². The van der Waals surface area contributed by atoms with Gasteiger partial charge in [0.1, 0.15) is 24.5 Å². The van der Waals surface area contributed by atoms with Crippen molar-refractivity contribution in [3.63, 3.8) is 0 Å². The normalized spacial score (nSPS) is 12.3. The average Bonchev–Trinajstić information content (AvgIpc) is 3.42. The van der Waals surface area contributed by atoms with E-state index in [1.807, 2.05) is 0 Å². The number of aromatic nitrogens is 2. The van der Waals surface area contributed by atoms with Crippen molar-refractivity contribution in [2.45, 2.75) is 32.4 Å². The highest BCUT2D eigenvalue weighted by atomic mass is 19.2. The van der Waals surface area contributed by atoms with E-state index in [0.29, 0.717) is 11.6 Å². The Labute approximate surface area is 219 Å². The third kappa shape index (κ3) is 7.18. The molecule has 0 bridgehead atoms. The van der Waals surface area contributed by atoms with Crippen molar-refractivity contribution in [2.24, 2.45) is 0 Å². The molecule has 3 aromatic rings. The minimum Gasteiger partial charge on any atom is -0.482 e. The molecule has 2 N–H and O–H groups in total. The zero-order valence-electron chi connectivity index (χ0n) is 20.9. The number of carbonyl (C=O) groups excluding carboxylic acids is 4. The lowest BCUT2D eigenvalue weighted by Crippen LogP contribution is -2.51. The number of halogens is 3. The predicted octanol–water partition coefficient (Wildman–Crippen LogP) is 2.28. The van der Waals surface area contributed by atoms with Gasteiger partial charge in [-0.3, -0.25) is 19.2 Å². The molecule has 0 spiro atoms. The monoisotopic (exact) mass is 548 g/mol. The van der Waals surface area contributed by atoms with E-state index >= 15 is 0 Å². The number of ketones is 1. The van der Waals surface area contributed by atoms with Gasteiger partial charge in [-0.25, -0.2) is 8.78 Å². The van der Waals surface area contributed by atoms with Crippen molar-refractivity contribution in [3.8, 4) is 17.2 Å². The Morgan fingerprint density at radius 3 is 2.38 bits per heavy atom. The Bertz CT molecular complexity index is 1360. The number of Topliss-reactive ketones (excluding diaryl/α,β-unsaturated/α-hetero) is 1. The van der Waals surface area contributed by atoms with E-state index in [2.05, 4.69) is 25.6 Å². The van der Waals surface area contributed by atoms with Crippen LogP contribution in [-0.4, -0.2) is 59.6 Å². The molecule has 2 amide bonds. The summed E-state index contributed by atoms with van der Waals surface area (Å²) in [7, 11) is 1.05. The van der Waals surface area contributed by atoms with Crippen molar-refractivity contribution >= 4 is 23.6 Å². The first-order valence-electron chi connectivity index (χ1n) is 11.4. The summed E-state index contributed by atoms with van der Waals surface area (Å²) in [6.45, 7) is 1.45. The second-order valence-electron chi connectivity index (χ2n) is 8.18. The number of ether oxygens (including phenoxy) is 2. The molecule has 0 fully saturated rings. The fourth-order valence-electron chi connectivity index (χ4n) is 3.21. The molecule has 0 aliphatic carbocycles. The topological polar surface area (TPSA) is 150 Å². The zero-order chi connectivity index (χ0) is 28.7. The molecule has 206 valence electrons. The van der Waals surface area contributed by atoms with Gasteiger partial charge in [-0.1, -0.05) is 18.2 Å². The highest BCUT2D eigenvalue weighted by molar-refractivity contribution is 5.97. The third-order valence-electron chi connectivity index (χ3n) is 5.40. The summed E-state index contributed by atoms with van der Waals surface area (Å²) in [4.78, 5) is 49.7. The second kappa shape index (κ2) is 12.7. The summed E-state index contributed by atoms with van der Waals surface area (Å²) in [6.07, 6.45) is -0.645. The molecule has 0 saturated heterocycles. The molecule has 0 saturated carbocycles. The molecule has 0 unspecified atom stereocenters. The smallest absolute Gasteiger partial charge is 0.309 e. The summed E-state index contributed by atoms with van der Waals surface area (Å²) in [5, 5.41) is 12.0. The lowest BCUT2D eigenvalue weighted by atomic mass is 10.1. The number of nitrogens with zero attached hydrogens (tertiary/aromatic N) is 2. The van der Waals surface area contributed by atoms with Crippen molar-refractivity contribution in [3.05, 3.63) is 65.3 Å². The van der Waals surface area contributed by atoms with E-state index in [9.17, 15) is 32.3 Å². The number of hydrogen-bond acceptors (Lipinski definition) is 9. The van der Waals surface area contributed by atoms with Crippen LogP contribution in [-0.2, 0) is 19.1 Å². The highest BCUT2D eigenvalue weighted by Crippen LogP contribution is 2.27. The van der Waals surface area contributed by atoms with Crippen molar-refractivity contribution in [1.29, 1.82) is 0 Å². The fraction of sp³-hybridized carbons (Fsp3) is 0.280. The van der Waals surface area contributed by atoms with Crippen LogP contribution >= 0.6 is 0 Å². The third-order valence-corrected chi connectivity index (χ3v) is 5.40. The predicted molar refractivity (Wildman–Crippen MR) is 127 cm³/mol. The van der Waals surface area contributed by atoms with Crippen LogP contribution in [0.1, 0.15) is 29.6 Å². The first-order valence-corrected chi connectivity index (χ1v) is 11.4. The van der Waals surface area contributed by atoms with Crippen molar-refractivity contribution < 1.29 is 46.2 Å². The van der Waals surface area contributed by atoms with E-state index in [0.717, 1.165) is 14.0 Å². The Morgan fingerprint density at radius 2 is 1.72 bits per heavy atom. The highest BCUT2D eigenvalue weighted by Gasteiger charge is 2.29. The number of methoxy groups -OCH3 is 1. The molecule has 39 heavy (non-hydrogen) atoms. The van der Waals surface area contributed by atoms with Crippen LogP contribution in [0, 0.1) is 24.4 Å². The second-order valence-corrected chi connectivity index (χ2v) is 8.18. The molecule has 2 atom stereocenters. The van der Waals surface area contributed by atoms with E-state index in [4.69, 9.17) is 9.15 Å². The molecular weight excluding hydrogens is 525 g/mol. The number of hydrogen-bond donors (Lipinski definition) is 2. The lowest BCUT2D eigenvalue weighted by molar-refractivity contribution is -0.143. The van der Waals surface area contributed by atoms with Gasteiger partial charge in [0.05, 0.1) is 13.5 Å². The maximum atomic E-state index is 14.1. The van der Waals surface area contributed by atoms with E-state index in [1.165, 1.54) is 6.92 Å². The minimum absolute atomic E-state index is 0.0754. The Morgan fingerprint density at radius 1 is 1.03 bits per heavy atom. The first kappa shape index (κ1) is 28.8. The molecule has 0 radical (unpaired) electrons. The number of amides is 2. The van der Waals surface area contributed by atoms with Crippen LogP contribution in [0.25, 0.3) is 11.5 Å². The van der Waals surface area contributed by atoms with Gasteiger partial charge in [0.2, 0.25) is 17.6 Å². The molecule has 0 aliphatic heterocycles. The summed E-state index contributed by atoms with van der Waals surface area (Å²) in [6, 6.07) is 6.15. The summed E-state index contributed by atoms with van der Waals surface area (Å²) in [5.74, 6) is -8.93. The van der Waals surface area contributed by atoms with Gasteiger partial charge in [0.15, 0.2) is 17.3 Å². The number of nitrogens with one attached hydrogen (secondary N) is 2. The van der Waals surface area contributed by atoms with Crippen LogP contribution in [0.5, 0.6) is 5.75 Å². The molecular formula is C25H23F3N4O7. The maximum Gasteiger partial charge on any atom is 0.309 e. The van der Waals surface area contributed by atoms with Crippen molar-refractivity contribution in [1.82, 2.24) is 20.8 Å². The van der Waals surface area contributed by atoms with Gasteiger partial charge in [0, 0.05) is 17.2 Å². The van der Waals surface area contributed by atoms with Crippen molar-refractivity contribution in [2.75, 3.05) is 13.7 Å². The Kier molecular flexibility index (Phi) is 9.36. The van der Waals surface area contributed by atoms with Gasteiger partial charge in [-0.15, -0.1) is 10.2 Å². The van der Waals surface area contributed by atoms with E-state index in [1.54, 1.807) is 30.3 Å². The largest absolute Gasteiger partial charge is 0.482 e. The Hall–Kier alpha value is -4.75. The lowest BCUT2D eigenvalue weighted by Gasteiger charge is -2.20. The fourth-order valence-corrected chi connectivity index (χ4v) is 3.21. The zero-order valence-corrected chi connectivity index (χ0v) is 20.9. The number of benzene rings is 2. The standard InChI is InChI=1S/C25H23F3N4O7/c1-12-15(26)9-16(27)20(28)21(12)38-11-18(33)17(10-19(34)37-3)30-22(35)13(2)29-23(36)25-32-31-24(39-25)14-7-5-4-6-8-14/h4-9,13,17H,10-11H2,1-3H3,(H,29,36)(H,30,35)/t13-,17-/m0/s1. The molecule has 0 aliphatic rings. The summed E-state index contributed by atoms with van der Waals surface area (Å²) >= 11 is 0. The summed E-state index contributed by atoms with van der Waals surface area (Å²) < 4.78 is 56.2. The Balaban J connectivity index is 1.65. The first-order chi connectivity index (χ1) is 18.5. The number of rotatable bonds is 11. The summed E-state index contributed by atoms with van der Waals surface area (Å²) in [5.41, 5.74) is 0.181. The van der Waals surface area contributed by atoms with Gasteiger partial charge in [-0.2, -0.15) is 4.39 Å². The molecule has 11 nitrogen and oxygen atoms in total. The molecule has 1 aromatic heterocycles. The average molecular weight is 548 g/mol. The van der Waals surface area contributed by atoms with Gasteiger partial charge >= 0.3 is 17.8 Å². The van der Waals surface area contributed by atoms with Gasteiger partial charge < -0.3 is 24.5 Å². The van der Waals surface area contributed by atoms with E-state index < -0.39 is 77.8 Å². The maximum absolute atomic E-state index is 14.1. The van der Waals surface area contributed by atoms with Crippen LogP contribution in [0.15, 0.2) is 40.8 Å². The molecule has 1 heterocycles. The minimum atomic E-state index is -1.54. The quantitative estimate of drug-likeness (QED) is 0.272. The van der Waals surface area contributed by atoms with Crippen LogP contribution in [0.4, 0.5) is 13.2 Å². The van der Waals surface area contributed by atoms with Crippen LogP contribution in [0.3, 0.4) is 0 Å². The SMILES string of the molecule is COC(=O)C[C@H](NC(=O)[C@H](C)NC(=O)c1nnc(-c2ccccc2)o1)C(=O)COc1c(C)c(F)cc(F)c1F. The van der Waals surface area contributed by atoms with Crippen LogP contribution in [0.2, 0.25) is 0 Å².